The zero-order valence-corrected chi connectivity index (χ0v) is 7.82. The lowest BCUT2D eigenvalue weighted by Gasteiger charge is -1.94. The van der Waals surface area contributed by atoms with E-state index in [1.807, 2.05) is 31.2 Å². The molecule has 0 spiro atoms. The smallest absolute Gasteiger partial charge is 0.191 e. The van der Waals surface area contributed by atoms with E-state index in [1.54, 1.807) is 0 Å². The summed E-state index contributed by atoms with van der Waals surface area (Å²) in [4.78, 5) is 3.95. The first-order valence-electron chi connectivity index (χ1n) is 4.25. The Labute approximate surface area is 81.2 Å². The Balaban J connectivity index is 2.56. The number of aliphatic imine (C=N–C) groups is 1. The van der Waals surface area contributed by atoms with Crippen LogP contribution in [0.1, 0.15) is 5.76 Å². The van der Waals surface area contributed by atoms with Crippen molar-refractivity contribution in [3.63, 3.8) is 0 Å². The van der Waals surface area contributed by atoms with Crippen molar-refractivity contribution in [2.45, 2.75) is 6.92 Å². The van der Waals surface area contributed by atoms with Gasteiger partial charge in [-0.25, -0.2) is 4.99 Å². The van der Waals surface area contributed by atoms with Crippen LogP contribution < -0.4 is 11.5 Å². The van der Waals surface area contributed by atoms with Gasteiger partial charge in [0.15, 0.2) is 5.96 Å². The van der Waals surface area contributed by atoms with Gasteiger partial charge in [-0.1, -0.05) is 0 Å². The molecule has 2 aromatic rings. The average Bonchev–Trinajstić information content (AvgIpc) is 2.42. The first-order valence-corrected chi connectivity index (χ1v) is 4.25. The van der Waals surface area contributed by atoms with Gasteiger partial charge in [0, 0.05) is 5.39 Å². The highest BCUT2D eigenvalue weighted by atomic mass is 16.3. The van der Waals surface area contributed by atoms with Gasteiger partial charge in [-0.05, 0) is 31.2 Å². The summed E-state index contributed by atoms with van der Waals surface area (Å²) in [6.07, 6.45) is 0. The SMILES string of the molecule is Cc1cc2cc(N=C(N)N)ccc2o1. The molecule has 14 heavy (non-hydrogen) atoms. The van der Waals surface area contributed by atoms with E-state index in [1.165, 1.54) is 0 Å². The van der Waals surface area contributed by atoms with Crippen LogP contribution in [0.3, 0.4) is 0 Å². The number of guanidine groups is 1. The molecule has 1 aromatic heterocycles. The maximum Gasteiger partial charge on any atom is 0.191 e. The van der Waals surface area contributed by atoms with Crippen molar-refractivity contribution in [1.29, 1.82) is 0 Å². The van der Waals surface area contributed by atoms with Gasteiger partial charge in [-0.15, -0.1) is 0 Å². The van der Waals surface area contributed by atoms with Crippen molar-refractivity contribution < 1.29 is 4.42 Å². The van der Waals surface area contributed by atoms with Gasteiger partial charge in [0.25, 0.3) is 0 Å². The first kappa shape index (κ1) is 8.62. The molecule has 0 saturated heterocycles. The van der Waals surface area contributed by atoms with Crippen LogP contribution in [-0.4, -0.2) is 5.96 Å². The van der Waals surface area contributed by atoms with Crippen LogP contribution in [0.15, 0.2) is 33.7 Å². The molecule has 0 saturated carbocycles. The van der Waals surface area contributed by atoms with Crippen molar-refractivity contribution in [1.82, 2.24) is 0 Å². The molecular weight excluding hydrogens is 178 g/mol. The van der Waals surface area contributed by atoms with Crippen molar-refractivity contribution in [2.24, 2.45) is 16.5 Å². The largest absolute Gasteiger partial charge is 0.461 e. The van der Waals surface area contributed by atoms with E-state index in [0.717, 1.165) is 22.4 Å². The quantitative estimate of drug-likeness (QED) is 0.528. The Bertz CT molecular complexity index is 495. The summed E-state index contributed by atoms with van der Waals surface area (Å²) >= 11 is 0. The number of fused-ring (bicyclic) bond motifs is 1. The van der Waals surface area contributed by atoms with Crippen molar-refractivity contribution >= 4 is 22.6 Å². The third kappa shape index (κ3) is 1.54. The molecule has 0 aliphatic carbocycles. The molecule has 2 rings (SSSR count). The van der Waals surface area contributed by atoms with E-state index in [2.05, 4.69) is 4.99 Å². The molecule has 1 aromatic carbocycles. The topological polar surface area (TPSA) is 77.5 Å². The molecule has 4 nitrogen and oxygen atoms in total. The van der Waals surface area contributed by atoms with Crippen molar-refractivity contribution in [2.75, 3.05) is 0 Å². The molecule has 0 amide bonds. The van der Waals surface area contributed by atoms with Gasteiger partial charge < -0.3 is 15.9 Å². The van der Waals surface area contributed by atoms with E-state index < -0.39 is 0 Å². The van der Waals surface area contributed by atoms with Crippen LogP contribution >= 0.6 is 0 Å². The number of furan rings is 1. The zero-order valence-electron chi connectivity index (χ0n) is 7.82. The summed E-state index contributed by atoms with van der Waals surface area (Å²) < 4.78 is 5.42. The summed E-state index contributed by atoms with van der Waals surface area (Å²) in [6.45, 7) is 1.90. The second-order valence-corrected chi connectivity index (χ2v) is 3.12. The minimum atomic E-state index is 0.0598. The van der Waals surface area contributed by atoms with Crippen LogP contribution in [0.25, 0.3) is 11.0 Å². The molecule has 0 fully saturated rings. The summed E-state index contributed by atoms with van der Waals surface area (Å²) in [7, 11) is 0. The molecule has 0 aliphatic rings. The molecule has 0 atom stereocenters. The molecule has 0 radical (unpaired) electrons. The highest BCUT2D eigenvalue weighted by molar-refractivity contribution is 5.84. The van der Waals surface area contributed by atoms with E-state index in [4.69, 9.17) is 15.9 Å². The van der Waals surface area contributed by atoms with E-state index in [9.17, 15) is 0 Å². The van der Waals surface area contributed by atoms with Crippen LogP contribution in [0, 0.1) is 6.92 Å². The summed E-state index contributed by atoms with van der Waals surface area (Å²) in [5.74, 6) is 0.936. The van der Waals surface area contributed by atoms with Crippen LogP contribution in [0.5, 0.6) is 0 Å². The van der Waals surface area contributed by atoms with Gasteiger partial charge in [0.2, 0.25) is 0 Å². The number of hydrogen-bond donors (Lipinski definition) is 2. The highest BCUT2D eigenvalue weighted by Gasteiger charge is 2.00. The van der Waals surface area contributed by atoms with Crippen molar-refractivity contribution in [3.8, 4) is 0 Å². The third-order valence-corrected chi connectivity index (χ3v) is 1.88. The third-order valence-electron chi connectivity index (χ3n) is 1.88. The van der Waals surface area contributed by atoms with Crippen LogP contribution in [0.4, 0.5) is 5.69 Å². The summed E-state index contributed by atoms with van der Waals surface area (Å²) in [5, 5.41) is 1.00. The Morgan fingerprint density at radius 3 is 2.79 bits per heavy atom. The predicted octanol–water partition coefficient (Wildman–Crippen LogP) is 1.65. The summed E-state index contributed by atoms with van der Waals surface area (Å²) in [6, 6.07) is 7.49. The normalized spacial score (nSPS) is 10.4. The fourth-order valence-electron chi connectivity index (χ4n) is 1.38. The summed E-state index contributed by atoms with van der Waals surface area (Å²) in [5.41, 5.74) is 12.1. The second-order valence-electron chi connectivity index (χ2n) is 3.12. The molecule has 4 heteroatoms. The fourth-order valence-corrected chi connectivity index (χ4v) is 1.38. The molecule has 0 unspecified atom stereocenters. The van der Waals surface area contributed by atoms with E-state index >= 15 is 0 Å². The molecule has 4 N–H and O–H groups in total. The average molecular weight is 189 g/mol. The fraction of sp³-hybridized carbons (Fsp3) is 0.100. The maximum absolute atomic E-state index is 5.42. The molecule has 72 valence electrons. The van der Waals surface area contributed by atoms with Gasteiger partial charge in [-0.3, -0.25) is 0 Å². The highest BCUT2D eigenvalue weighted by Crippen LogP contribution is 2.23. The monoisotopic (exact) mass is 189 g/mol. The lowest BCUT2D eigenvalue weighted by atomic mass is 10.2. The lowest BCUT2D eigenvalue weighted by molar-refractivity contribution is 0.578. The second kappa shape index (κ2) is 3.06. The minimum Gasteiger partial charge on any atom is -0.461 e. The van der Waals surface area contributed by atoms with Gasteiger partial charge in [-0.2, -0.15) is 0 Å². The molecule has 0 bridgehead atoms. The number of nitrogens with zero attached hydrogens (tertiary/aromatic N) is 1. The zero-order chi connectivity index (χ0) is 10.1. The maximum atomic E-state index is 5.42. The van der Waals surface area contributed by atoms with E-state index in [0.29, 0.717) is 0 Å². The number of benzene rings is 1. The standard InChI is InChI=1S/C10H11N3O/c1-6-4-7-5-8(13-10(11)12)2-3-9(7)14-6/h2-5H,1H3,(H4,11,12,13). The van der Waals surface area contributed by atoms with Crippen LogP contribution in [0.2, 0.25) is 0 Å². The minimum absolute atomic E-state index is 0.0598. The Morgan fingerprint density at radius 1 is 1.29 bits per heavy atom. The van der Waals surface area contributed by atoms with Gasteiger partial charge >= 0.3 is 0 Å². The predicted molar refractivity (Wildman–Crippen MR) is 56.4 cm³/mol. The Kier molecular flexibility index (Phi) is 1.89. The first-order chi connectivity index (χ1) is 6.65. The van der Waals surface area contributed by atoms with Gasteiger partial charge in [0.1, 0.15) is 11.3 Å². The van der Waals surface area contributed by atoms with Crippen molar-refractivity contribution in [3.05, 3.63) is 30.0 Å². The number of rotatable bonds is 1. The number of nitrogens with two attached hydrogens (primary N) is 2. The lowest BCUT2D eigenvalue weighted by Crippen LogP contribution is -2.21. The Hall–Kier alpha value is -1.97. The number of aryl methyl sites for hydroxylation is 1. The van der Waals surface area contributed by atoms with Crippen LogP contribution in [-0.2, 0) is 0 Å². The molecular formula is C10H11N3O. The molecule has 1 heterocycles. The number of hydrogen-bond acceptors (Lipinski definition) is 2. The Morgan fingerprint density at radius 2 is 2.07 bits per heavy atom. The van der Waals surface area contributed by atoms with E-state index in [-0.39, 0.29) is 5.96 Å². The molecule has 0 aliphatic heterocycles. The van der Waals surface area contributed by atoms with Gasteiger partial charge in [0.05, 0.1) is 5.69 Å².